The normalized spacial score (nSPS) is 10.3. The highest BCUT2D eigenvalue weighted by Gasteiger charge is 1.95. The van der Waals surface area contributed by atoms with Gasteiger partial charge in [0.25, 0.3) is 0 Å². The minimum atomic E-state index is -2.41. The van der Waals surface area contributed by atoms with E-state index in [2.05, 4.69) is 9.40 Å². The third-order valence-corrected chi connectivity index (χ3v) is 1.28. The summed E-state index contributed by atoms with van der Waals surface area (Å²) in [5.74, 6) is 0.133. The fourth-order valence-electron chi connectivity index (χ4n) is 0.441. The Bertz CT molecular complexity index is 230. The van der Waals surface area contributed by atoms with Crippen LogP contribution in [0.15, 0.2) is 16.9 Å². The summed E-state index contributed by atoms with van der Waals surface area (Å²) in [7, 11) is -2.41. The molecule has 0 spiro atoms. The molecule has 0 aliphatic rings. The van der Waals surface area contributed by atoms with Crippen LogP contribution in [0.1, 0.15) is 5.89 Å². The van der Waals surface area contributed by atoms with Gasteiger partial charge in [-0.05, 0) is 0 Å². The average Bonchev–Trinajstić information content (AvgIpc) is 2.15. The molecule has 0 bridgehead atoms. The Kier molecular flexibility index (Phi) is 1.84. The molecule has 1 heterocycles. The summed E-state index contributed by atoms with van der Waals surface area (Å²) in [6.45, 7) is 0. The second-order valence-corrected chi connectivity index (χ2v) is 2.40. The van der Waals surface area contributed by atoms with Crippen molar-refractivity contribution < 1.29 is 12.8 Å². The van der Waals surface area contributed by atoms with E-state index in [0.29, 0.717) is 0 Å². The van der Waals surface area contributed by atoms with Gasteiger partial charge >= 0.3 is 0 Å². The largest absolute Gasteiger partial charge is 0.448 e. The Morgan fingerprint density at radius 1 is 1.67 bits per heavy atom. The van der Waals surface area contributed by atoms with Crippen LogP contribution in [0.3, 0.4) is 0 Å². The molecule has 1 aromatic rings. The van der Waals surface area contributed by atoms with Gasteiger partial charge in [-0.3, -0.25) is 0 Å². The fourth-order valence-corrected chi connectivity index (χ4v) is 0.819. The highest BCUT2D eigenvalue weighted by Crippen LogP contribution is 1.94. The molecule has 0 aliphatic carbocycles. The molecule has 5 heteroatoms. The maximum absolute atomic E-state index is 10.0. The molecular formula is C4H5NO3S. The van der Waals surface area contributed by atoms with Gasteiger partial charge in [-0.15, -0.1) is 0 Å². The van der Waals surface area contributed by atoms with Crippen LogP contribution in [-0.4, -0.2) is 13.4 Å². The maximum atomic E-state index is 10.0. The predicted molar refractivity (Wildman–Crippen MR) is 30.5 cm³/mol. The highest BCUT2D eigenvalue weighted by atomic mass is 32.2. The third-order valence-electron chi connectivity index (χ3n) is 0.748. The molecule has 0 saturated heterocycles. The second-order valence-electron chi connectivity index (χ2n) is 1.42. The van der Waals surface area contributed by atoms with Crippen LogP contribution in [0.25, 0.3) is 0 Å². The predicted octanol–water partition coefficient (Wildman–Crippen LogP) is -0.214. The lowest BCUT2D eigenvalue weighted by Crippen LogP contribution is -1.84. The van der Waals surface area contributed by atoms with Crippen molar-refractivity contribution in [2.24, 2.45) is 0 Å². The standard InChI is InChI=1S/C4H5NO3S/c6-9(7)3-4-5-1-2-8-4/h1-2,9H,3H2. The number of nitrogens with zero attached hydrogens (tertiary/aromatic N) is 1. The first-order chi connectivity index (χ1) is 4.29. The molecule has 0 saturated carbocycles. The molecular weight excluding hydrogens is 142 g/mol. The van der Waals surface area contributed by atoms with E-state index in [0.717, 1.165) is 0 Å². The molecule has 50 valence electrons. The van der Waals surface area contributed by atoms with Crippen molar-refractivity contribution in [2.75, 3.05) is 0 Å². The lowest BCUT2D eigenvalue weighted by atomic mass is 10.8. The van der Waals surface area contributed by atoms with Gasteiger partial charge in [-0.2, -0.15) is 0 Å². The van der Waals surface area contributed by atoms with Crippen molar-refractivity contribution in [3.8, 4) is 0 Å². The zero-order chi connectivity index (χ0) is 6.69. The molecule has 4 nitrogen and oxygen atoms in total. The first-order valence-electron chi connectivity index (χ1n) is 2.29. The topological polar surface area (TPSA) is 60.2 Å². The Morgan fingerprint density at radius 2 is 2.44 bits per heavy atom. The van der Waals surface area contributed by atoms with E-state index >= 15 is 0 Å². The van der Waals surface area contributed by atoms with Crippen LogP contribution < -0.4 is 0 Å². The number of aromatic nitrogens is 1. The van der Waals surface area contributed by atoms with Crippen molar-refractivity contribution in [3.63, 3.8) is 0 Å². The first kappa shape index (κ1) is 6.28. The van der Waals surface area contributed by atoms with Gasteiger partial charge in [0.2, 0.25) is 5.89 Å². The van der Waals surface area contributed by atoms with E-state index < -0.39 is 10.7 Å². The molecule has 0 unspecified atom stereocenters. The summed E-state index contributed by atoms with van der Waals surface area (Å²) in [6.07, 6.45) is 2.75. The number of thiol groups is 1. The van der Waals surface area contributed by atoms with Crippen LogP contribution in [0.5, 0.6) is 0 Å². The zero-order valence-electron chi connectivity index (χ0n) is 4.48. The van der Waals surface area contributed by atoms with Crippen LogP contribution >= 0.6 is 0 Å². The Balaban J connectivity index is 2.68. The van der Waals surface area contributed by atoms with Gasteiger partial charge in [0, 0.05) is 0 Å². The number of hydrogen-bond acceptors (Lipinski definition) is 4. The average molecular weight is 147 g/mol. The van der Waals surface area contributed by atoms with E-state index in [9.17, 15) is 8.42 Å². The summed E-state index contributed by atoms with van der Waals surface area (Å²) in [5, 5.41) is 0. The van der Waals surface area contributed by atoms with Crippen LogP contribution in [0.4, 0.5) is 0 Å². The zero-order valence-corrected chi connectivity index (χ0v) is 5.38. The van der Waals surface area contributed by atoms with Crippen molar-refractivity contribution in [2.45, 2.75) is 5.75 Å². The Labute approximate surface area is 53.5 Å². The monoisotopic (exact) mass is 147 g/mol. The molecule has 9 heavy (non-hydrogen) atoms. The first-order valence-corrected chi connectivity index (χ1v) is 3.65. The molecule has 0 aromatic carbocycles. The second kappa shape index (κ2) is 2.63. The highest BCUT2D eigenvalue weighted by molar-refractivity contribution is 7.71. The van der Waals surface area contributed by atoms with E-state index in [4.69, 9.17) is 0 Å². The summed E-state index contributed by atoms with van der Waals surface area (Å²) in [4.78, 5) is 3.61. The molecule has 0 fully saturated rings. The summed E-state index contributed by atoms with van der Waals surface area (Å²) < 4.78 is 24.7. The fraction of sp³-hybridized carbons (Fsp3) is 0.250. The molecule has 0 N–H and O–H groups in total. The van der Waals surface area contributed by atoms with Crippen LogP contribution in [0.2, 0.25) is 0 Å². The van der Waals surface area contributed by atoms with E-state index in [1.165, 1.54) is 12.5 Å². The SMILES string of the molecule is O=[SH](=O)Cc1ncco1. The van der Waals surface area contributed by atoms with Gasteiger partial charge < -0.3 is 4.42 Å². The van der Waals surface area contributed by atoms with E-state index in [1.807, 2.05) is 0 Å². The third kappa shape index (κ3) is 1.85. The molecule has 0 amide bonds. The summed E-state index contributed by atoms with van der Waals surface area (Å²) in [6, 6.07) is 0. The molecule has 1 aromatic heterocycles. The van der Waals surface area contributed by atoms with Crippen molar-refractivity contribution in [1.82, 2.24) is 4.98 Å². The van der Waals surface area contributed by atoms with Crippen molar-refractivity contribution in [3.05, 3.63) is 18.4 Å². The molecule has 0 atom stereocenters. The van der Waals surface area contributed by atoms with Crippen LogP contribution in [-0.2, 0) is 16.5 Å². The summed E-state index contributed by atoms with van der Waals surface area (Å²) in [5.41, 5.74) is 0. The summed E-state index contributed by atoms with van der Waals surface area (Å²) >= 11 is 0. The smallest absolute Gasteiger partial charge is 0.208 e. The molecule has 1 rings (SSSR count). The van der Waals surface area contributed by atoms with Crippen LogP contribution in [0, 0.1) is 0 Å². The van der Waals surface area contributed by atoms with Gasteiger partial charge in [0.1, 0.15) is 22.7 Å². The van der Waals surface area contributed by atoms with Gasteiger partial charge in [0.15, 0.2) is 0 Å². The van der Waals surface area contributed by atoms with E-state index in [-0.39, 0.29) is 11.6 Å². The number of hydrogen-bond donors (Lipinski definition) is 1. The minimum absolute atomic E-state index is 0.109. The van der Waals surface area contributed by atoms with Crippen molar-refractivity contribution >= 4 is 10.7 Å². The quantitative estimate of drug-likeness (QED) is 0.588. The Hall–Kier alpha value is -0.840. The lowest BCUT2D eigenvalue weighted by Gasteiger charge is -1.79. The maximum Gasteiger partial charge on any atom is 0.208 e. The van der Waals surface area contributed by atoms with Crippen molar-refractivity contribution in [1.29, 1.82) is 0 Å². The Morgan fingerprint density at radius 3 is 2.89 bits per heavy atom. The number of rotatable bonds is 2. The number of oxazole rings is 1. The van der Waals surface area contributed by atoms with E-state index in [1.54, 1.807) is 0 Å². The van der Waals surface area contributed by atoms with Gasteiger partial charge in [-0.1, -0.05) is 0 Å². The van der Waals surface area contributed by atoms with Gasteiger partial charge in [0.05, 0.1) is 6.20 Å². The minimum Gasteiger partial charge on any atom is -0.448 e. The van der Waals surface area contributed by atoms with Gasteiger partial charge in [-0.25, -0.2) is 13.4 Å². The lowest BCUT2D eigenvalue weighted by molar-refractivity contribution is 0.511. The molecule has 0 aliphatic heterocycles. The molecule has 0 radical (unpaired) electrons.